The molecule has 0 aliphatic carbocycles. The molecule has 136 valence electrons. The smallest absolute Gasteiger partial charge is 0.191 e. The molecule has 0 saturated carbocycles. The average Bonchev–Trinajstić information content (AvgIpc) is 3.25. The van der Waals surface area contributed by atoms with Crippen LogP contribution in [0.25, 0.3) is 11.3 Å². The summed E-state index contributed by atoms with van der Waals surface area (Å²) in [5, 5.41) is 11.0. The van der Waals surface area contributed by atoms with Gasteiger partial charge in [-0.15, -0.1) is 22.7 Å². The molecular weight excluding hydrogens is 362 g/mol. The van der Waals surface area contributed by atoms with Crippen molar-refractivity contribution in [2.75, 3.05) is 13.6 Å². The number of aryl methyl sites for hydroxylation is 2. The van der Waals surface area contributed by atoms with Crippen molar-refractivity contribution in [2.24, 2.45) is 4.99 Å². The van der Waals surface area contributed by atoms with Gasteiger partial charge in [-0.25, -0.2) is 9.97 Å². The highest BCUT2D eigenvalue weighted by molar-refractivity contribution is 7.11. The molecule has 2 N–H and O–H groups in total. The van der Waals surface area contributed by atoms with Gasteiger partial charge in [0.2, 0.25) is 0 Å². The van der Waals surface area contributed by atoms with Crippen LogP contribution in [0.3, 0.4) is 0 Å². The van der Waals surface area contributed by atoms with Crippen LogP contribution in [0.1, 0.15) is 20.6 Å². The van der Waals surface area contributed by atoms with Crippen molar-refractivity contribution >= 4 is 28.6 Å². The Morgan fingerprint density at radius 2 is 1.88 bits per heavy atom. The van der Waals surface area contributed by atoms with Gasteiger partial charge < -0.3 is 10.6 Å². The Kier molecular flexibility index (Phi) is 6.35. The van der Waals surface area contributed by atoms with Crippen LogP contribution < -0.4 is 10.6 Å². The van der Waals surface area contributed by atoms with Crippen LogP contribution in [-0.2, 0) is 13.0 Å². The highest BCUT2D eigenvalue weighted by atomic mass is 32.1. The molecule has 0 atom stereocenters. The van der Waals surface area contributed by atoms with Gasteiger partial charge in [-0.1, -0.05) is 30.3 Å². The van der Waals surface area contributed by atoms with E-state index in [0.29, 0.717) is 6.54 Å². The lowest BCUT2D eigenvalue weighted by Gasteiger charge is -2.10. The van der Waals surface area contributed by atoms with Gasteiger partial charge in [-0.05, 0) is 13.8 Å². The number of rotatable bonds is 6. The maximum atomic E-state index is 4.69. The van der Waals surface area contributed by atoms with E-state index in [1.165, 1.54) is 4.88 Å². The average molecular weight is 386 g/mol. The summed E-state index contributed by atoms with van der Waals surface area (Å²) < 4.78 is 0. The van der Waals surface area contributed by atoms with Crippen molar-refractivity contribution in [1.29, 1.82) is 0 Å². The third kappa shape index (κ3) is 4.89. The number of guanidine groups is 1. The third-order valence-corrected chi connectivity index (χ3v) is 5.94. The minimum absolute atomic E-state index is 0.659. The van der Waals surface area contributed by atoms with Crippen LogP contribution >= 0.6 is 22.7 Å². The molecule has 0 amide bonds. The van der Waals surface area contributed by atoms with Gasteiger partial charge in [0.1, 0.15) is 5.01 Å². The fraction of sp³-hybridized carbons (Fsp3) is 0.316. The van der Waals surface area contributed by atoms with E-state index in [4.69, 9.17) is 4.98 Å². The van der Waals surface area contributed by atoms with Crippen LogP contribution in [-0.4, -0.2) is 29.5 Å². The number of nitrogens with zero attached hydrogens (tertiary/aromatic N) is 3. The largest absolute Gasteiger partial charge is 0.356 e. The molecule has 0 aliphatic rings. The summed E-state index contributed by atoms with van der Waals surface area (Å²) in [7, 11) is 1.78. The molecule has 3 aromatic rings. The summed E-state index contributed by atoms with van der Waals surface area (Å²) in [6.07, 6.45) is 0.898. The number of aliphatic imine (C=N–C) groups is 1. The molecule has 26 heavy (non-hydrogen) atoms. The zero-order valence-corrected chi connectivity index (χ0v) is 16.9. The Hall–Kier alpha value is -2.25. The first kappa shape index (κ1) is 18.5. The second-order valence-electron chi connectivity index (χ2n) is 5.84. The molecular formula is C19H23N5S2. The fourth-order valence-corrected chi connectivity index (χ4v) is 4.12. The molecule has 0 fully saturated rings. The van der Waals surface area contributed by atoms with Crippen LogP contribution in [0.4, 0.5) is 0 Å². The first-order chi connectivity index (χ1) is 12.7. The van der Waals surface area contributed by atoms with Crippen molar-refractivity contribution in [1.82, 2.24) is 20.6 Å². The molecule has 7 heteroatoms. The van der Waals surface area contributed by atoms with Gasteiger partial charge >= 0.3 is 0 Å². The second kappa shape index (κ2) is 8.91. The summed E-state index contributed by atoms with van der Waals surface area (Å²) in [6.45, 7) is 5.63. The molecule has 0 aliphatic heterocycles. The quantitative estimate of drug-likeness (QED) is 0.501. The highest BCUT2D eigenvalue weighted by Crippen LogP contribution is 2.21. The number of thiazole rings is 2. The molecule has 0 spiro atoms. The normalized spacial score (nSPS) is 11.6. The number of hydrogen-bond donors (Lipinski definition) is 2. The first-order valence-electron chi connectivity index (χ1n) is 8.53. The van der Waals surface area contributed by atoms with Crippen LogP contribution in [0.15, 0.2) is 40.7 Å². The van der Waals surface area contributed by atoms with Gasteiger partial charge in [0, 0.05) is 35.8 Å². The van der Waals surface area contributed by atoms with E-state index in [2.05, 4.69) is 52.0 Å². The van der Waals surface area contributed by atoms with Crippen LogP contribution in [0, 0.1) is 13.8 Å². The van der Waals surface area contributed by atoms with E-state index in [9.17, 15) is 0 Å². The maximum Gasteiger partial charge on any atom is 0.191 e. The lowest BCUT2D eigenvalue weighted by atomic mass is 10.2. The van der Waals surface area contributed by atoms with Gasteiger partial charge in [0.25, 0.3) is 0 Å². The fourth-order valence-electron chi connectivity index (χ4n) is 2.45. The number of hydrogen-bond acceptors (Lipinski definition) is 5. The van der Waals surface area contributed by atoms with E-state index in [1.807, 2.05) is 18.2 Å². The molecule has 0 unspecified atom stereocenters. The molecule has 0 saturated heterocycles. The number of nitrogens with one attached hydrogen (secondary N) is 2. The minimum atomic E-state index is 0.659. The Morgan fingerprint density at radius 1 is 1.08 bits per heavy atom. The first-order valence-corrected chi connectivity index (χ1v) is 10.2. The van der Waals surface area contributed by atoms with E-state index in [-0.39, 0.29) is 0 Å². The monoisotopic (exact) mass is 385 g/mol. The Morgan fingerprint density at radius 3 is 2.58 bits per heavy atom. The number of aromatic nitrogens is 2. The van der Waals surface area contributed by atoms with E-state index in [1.54, 1.807) is 29.7 Å². The van der Waals surface area contributed by atoms with E-state index in [0.717, 1.165) is 45.9 Å². The minimum Gasteiger partial charge on any atom is -0.356 e. The Bertz CT molecular complexity index is 848. The standard InChI is InChI=1S/C19H23N5S2/c1-13-14(2)26-17(23-13)9-10-21-19(20-3)22-11-18-24-16(12-25-18)15-7-5-4-6-8-15/h4-8,12H,9-11H2,1-3H3,(H2,20,21,22). The van der Waals surface area contributed by atoms with Crippen LogP contribution in [0.5, 0.6) is 0 Å². The van der Waals surface area contributed by atoms with Crippen molar-refractivity contribution in [2.45, 2.75) is 26.8 Å². The van der Waals surface area contributed by atoms with Crippen molar-refractivity contribution in [3.8, 4) is 11.3 Å². The Balaban J connectivity index is 1.47. The summed E-state index contributed by atoms with van der Waals surface area (Å²) in [4.78, 5) is 14.8. The van der Waals surface area contributed by atoms with Gasteiger partial charge in [0.15, 0.2) is 5.96 Å². The zero-order valence-electron chi connectivity index (χ0n) is 15.2. The van der Waals surface area contributed by atoms with Gasteiger partial charge in [0.05, 0.1) is 22.9 Å². The topological polar surface area (TPSA) is 62.2 Å². The molecule has 2 aromatic heterocycles. The molecule has 0 radical (unpaired) electrons. The second-order valence-corrected chi connectivity index (χ2v) is 8.07. The lowest BCUT2D eigenvalue weighted by Crippen LogP contribution is -2.37. The summed E-state index contributed by atoms with van der Waals surface area (Å²) in [5.41, 5.74) is 3.29. The lowest BCUT2D eigenvalue weighted by molar-refractivity contribution is 0.788. The molecule has 0 bridgehead atoms. The Labute approximate surface area is 162 Å². The molecule has 2 heterocycles. The summed E-state index contributed by atoms with van der Waals surface area (Å²) >= 11 is 3.42. The SMILES string of the molecule is CN=C(NCCc1nc(C)c(C)s1)NCc1nc(-c2ccccc2)cs1. The van der Waals surface area contributed by atoms with Gasteiger partial charge in [-0.2, -0.15) is 0 Å². The predicted octanol–water partition coefficient (Wildman–Crippen LogP) is 3.79. The third-order valence-electron chi connectivity index (χ3n) is 3.96. The van der Waals surface area contributed by atoms with Gasteiger partial charge in [-0.3, -0.25) is 4.99 Å². The van der Waals surface area contributed by atoms with Crippen molar-refractivity contribution in [3.63, 3.8) is 0 Å². The van der Waals surface area contributed by atoms with E-state index < -0.39 is 0 Å². The molecule has 1 aromatic carbocycles. The summed E-state index contributed by atoms with van der Waals surface area (Å²) in [6, 6.07) is 10.2. The highest BCUT2D eigenvalue weighted by Gasteiger charge is 2.06. The molecule has 5 nitrogen and oxygen atoms in total. The molecule has 3 rings (SSSR count). The summed E-state index contributed by atoms with van der Waals surface area (Å²) in [5.74, 6) is 0.784. The predicted molar refractivity (Wildman–Crippen MR) is 111 cm³/mol. The maximum absolute atomic E-state index is 4.69. The van der Waals surface area contributed by atoms with Crippen molar-refractivity contribution < 1.29 is 0 Å². The van der Waals surface area contributed by atoms with E-state index >= 15 is 0 Å². The number of benzene rings is 1. The zero-order chi connectivity index (χ0) is 18.4. The van der Waals surface area contributed by atoms with Crippen molar-refractivity contribution in [3.05, 3.63) is 56.3 Å². The van der Waals surface area contributed by atoms with Crippen LogP contribution in [0.2, 0.25) is 0 Å².